The van der Waals surface area contributed by atoms with Crippen molar-refractivity contribution in [3.63, 3.8) is 0 Å². The number of aromatic nitrogens is 3. The lowest BCUT2D eigenvalue weighted by molar-refractivity contribution is 0.0728. The van der Waals surface area contributed by atoms with E-state index in [0.29, 0.717) is 30.5 Å². The number of halogens is 1. The van der Waals surface area contributed by atoms with Crippen LogP contribution in [0.5, 0.6) is 5.75 Å². The van der Waals surface area contributed by atoms with E-state index in [1.807, 2.05) is 0 Å². The Hall–Kier alpha value is -4.08. The van der Waals surface area contributed by atoms with Crippen molar-refractivity contribution in [3.05, 3.63) is 87.6 Å². The number of hydrogen-bond donors (Lipinski definition) is 2. The highest BCUT2D eigenvalue weighted by Crippen LogP contribution is 2.31. The van der Waals surface area contributed by atoms with Crippen molar-refractivity contribution in [2.24, 2.45) is 0 Å². The molecule has 0 aliphatic carbocycles. The van der Waals surface area contributed by atoms with E-state index in [2.05, 4.69) is 15.0 Å². The summed E-state index contributed by atoms with van der Waals surface area (Å²) in [7, 11) is 1.49. The molecule has 0 spiro atoms. The maximum Gasteiger partial charge on any atom is 0.294 e. The predicted molar refractivity (Wildman–Crippen MR) is 116 cm³/mol. The third-order valence-corrected chi connectivity index (χ3v) is 5.53. The van der Waals surface area contributed by atoms with Crippen LogP contribution in [0, 0.1) is 5.82 Å². The van der Waals surface area contributed by atoms with Crippen molar-refractivity contribution in [1.82, 2.24) is 24.8 Å². The summed E-state index contributed by atoms with van der Waals surface area (Å²) in [6.07, 6.45) is 4.26. The van der Waals surface area contributed by atoms with Crippen LogP contribution in [0.3, 0.4) is 0 Å². The SMILES string of the molecule is CN(Cc1ccc(F)cc1)C(=O)c1nc(C2CCCN2C(=O)c2cccnc2)[nH]c(=O)c1O. The Morgan fingerprint density at radius 3 is 2.73 bits per heavy atom. The highest BCUT2D eigenvalue weighted by atomic mass is 19.1. The van der Waals surface area contributed by atoms with Crippen molar-refractivity contribution in [2.45, 2.75) is 25.4 Å². The number of pyridine rings is 1. The monoisotopic (exact) mass is 451 g/mol. The molecule has 33 heavy (non-hydrogen) atoms. The van der Waals surface area contributed by atoms with E-state index in [1.54, 1.807) is 23.2 Å². The molecule has 9 nitrogen and oxygen atoms in total. The molecule has 4 rings (SSSR count). The summed E-state index contributed by atoms with van der Waals surface area (Å²) in [5, 5.41) is 10.2. The van der Waals surface area contributed by atoms with Crippen LogP contribution in [0.4, 0.5) is 4.39 Å². The van der Waals surface area contributed by atoms with Crippen LogP contribution in [-0.4, -0.2) is 55.3 Å². The first-order chi connectivity index (χ1) is 15.8. The third-order valence-electron chi connectivity index (χ3n) is 5.53. The number of nitrogens with zero attached hydrogens (tertiary/aromatic N) is 4. The molecule has 1 aliphatic heterocycles. The first kappa shape index (κ1) is 22.1. The van der Waals surface area contributed by atoms with Gasteiger partial charge in [-0.2, -0.15) is 0 Å². The van der Waals surface area contributed by atoms with Gasteiger partial charge >= 0.3 is 0 Å². The lowest BCUT2D eigenvalue weighted by atomic mass is 10.1. The van der Waals surface area contributed by atoms with Gasteiger partial charge in [-0.1, -0.05) is 12.1 Å². The summed E-state index contributed by atoms with van der Waals surface area (Å²) in [5.74, 6) is -1.99. The van der Waals surface area contributed by atoms with Crippen LogP contribution in [-0.2, 0) is 6.54 Å². The number of carbonyl (C=O) groups is 2. The van der Waals surface area contributed by atoms with E-state index in [-0.39, 0.29) is 18.3 Å². The number of aromatic amines is 1. The fourth-order valence-electron chi connectivity index (χ4n) is 3.86. The molecule has 3 heterocycles. The Labute approximate surface area is 188 Å². The Balaban J connectivity index is 1.61. The van der Waals surface area contributed by atoms with Crippen molar-refractivity contribution in [3.8, 4) is 5.75 Å². The molecule has 0 saturated carbocycles. The van der Waals surface area contributed by atoms with Gasteiger partial charge in [0.15, 0.2) is 5.69 Å². The molecule has 1 aliphatic rings. The molecule has 1 aromatic carbocycles. The third kappa shape index (κ3) is 4.59. The number of aromatic hydroxyl groups is 1. The van der Waals surface area contributed by atoms with Gasteiger partial charge in [-0.3, -0.25) is 19.4 Å². The van der Waals surface area contributed by atoms with Crippen LogP contribution < -0.4 is 5.56 Å². The minimum absolute atomic E-state index is 0.122. The molecule has 3 aromatic rings. The zero-order valence-electron chi connectivity index (χ0n) is 17.9. The largest absolute Gasteiger partial charge is 0.501 e. The molecule has 1 fully saturated rings. The number of hydrogen-bond acceptors (Lipinski definition) is 6. The summed E-state index contributed by atoms with van der Waals surface area (Å²) in [5.41, 5.74) is -0.194. The fourth-order valence-corrected chi connectivity index (χ4v) is 3.86. The van der Waals surface area contributed by atoms with E-state index in [1.165, 1.54) is 42.4 Å². The van der Waals surface area contributed by atoms with E-state index < -0.39 is 34.8 Å². The summed E-state index contributed by atoms with van der Waals surface area (Å²) in [6.45, 7) is 0.578. The van der Waals surface area contributed by atoms with Gasteiger partial charge in [0, 0.05) is 32.5 Å². The van der Waals surface area contributed by atoms with Gasteiger partial charge in [-0.05, 0) is 42.7 Å². The van der Waals surface area contributed by atoms with Crippen LogP contribution >= 0.6 is 0 Å². The average Bonchev–Trinajstić information content (AvgIpc) is 3.32. The highest BCUT2D eigenvalue weighted by Gasteiger charge is 2.34. The van der Waals surface area contributed by atoms with Crippen molar-refractivity contribution in [2.75, 3.05) is 13.6 Å². The van der Waals surface area contributed by atoms with Gasteiger partial charge in [0.2, 0.25) is 5.75 Å². The first-order valence-electron chi connectivity index (χ1n) is 10.4. The summed E-state index contributed by atoms with van der Waals surface area (Å²) in [4.78, 5) is 51.9. The van der Waals surface area contributed by atoms with Crippen molar-refractivity contribution >= 4 is 11.8 Å². The quantitative estimate of drug-likeness (QED) is 0.614. The van der Waals surface area contributed by atoms with Crippen LogP contribution in [0.2, 0.25) is 0 Å². The molecule has 1 saturated heterocycles. The van der Waals surface area contributed by atoms with E-state index in [9.17, 15) is 23.9 Å². The van der Waals surface area contributed by atoms with Crippen molar-refractivity contribution < 1.29 is 19.1 Å². The Morgan fingerprint density at radius 1 is 1.27 bits per heavy atom. The molecule has 10 heteroatoms. The van der Waals surface area contributed by atoms with E-state index in [4.69, 9.17) is 0 Å². The second kappa shape index (κ2) is 9.19. The van der Waals surface area contributed by atoms with Gasteiger partial charge in [-0.25, -0.2) is 9.37 Å². The first-order valence-corrected chi connectivity index (χ1v) is 10.4. The molecular weight excluding hydrogens is 429 g/mol. The standard InChI is InChI=1S/C23H22FN5O4/c1-28(13-14-6-8-16(24)9-7-14)23(33)18-19(30)21(31)27-20(26-18)17-5-3-11-29(17)22(32)15-4-2-10-25-12-15/h2,4,6-10,12,17,30H,3,5,11,13H2,1H3,(H,26,27,31). The zero-order valence-corrected chi connectivity index (χ0v) is 17.9. The van der Waals surface area contributed by atoms with Gasteiger partial charge in [0.25, 0.3) is 17.4 Å². The van der Waals surface area contributed by atoms with E-state index in [0.717, 1.165) is 0 Å². The molecule has 0 bridgehead atoms. The fraction of sp³-hybridized carbons (Fsp3) is 0.261. The number of H-pyrrole nitrogens is 1. The lowest BCUT2D eigenvalue weighted by Crippen LogP contribution is -2.34. The van der Waals surface area contributed by atoms with Gasteiger partial charge in [-0.15, -0.1) is 0 Å². The molecule has 1 atom stereocenters. The maximum absolute atomic E-state index is 13.1. The Bertz CT molecular complexity index is 1230. The van der Waals surface area contributed by atoms with Gasteiger partial charge in [0.05, 0.1) is 11.6 Å². The van der Waals surface area contributed by atoms with Gasteiger partial charge in [0.1, 0.15) is 11.6 Å². The number of benzene rings is 1. The average molecular weight is 451 g/mol. The smallest absolute Gasteiger partial charge is 0.294 e. The molecule has 170 valence electrons. The predicted octanol–water partition coefficient (Wildman–Crippen LogP) is 2.26. The summed E-state index contributed by atoms with van der Waals surface area (Å²) < 4.78 is 13.1. The second-order valence-electron chi connectivity index (χ2n) is 7.83. The topological polar surface area (TPSA) is 119 Å². The molecular formula is C23H22FN5O4. The highest BCUT2D eigenvalue weighted by molar-refractivity contribution is 5.95. The lowest BCUT2D eigenvalue weighted by Gasteiger charge is -2.24. The number of carbonyl (C=O) groups excluding carboxylic acids is 2. The number of nitrogens with one attached hydrogen (secondary N) is 1. The Kier molecular flexibility index (Phi) is 6.16. The zero-order chi connectivity index (χ0) is 23.5. The summed E-state index contributed by atoms with van der Waals surface area (Å²) >= 11 is 0. The minimum Gasteiger partial charge on any atom is -0.501 e. The molecule has 2 N–H and O–H groups in total. The van der Waals surface area contributed by atoms with Crippen LogP contribution in [0.25, 0.3) is 0 Å². The molecule has 2 aromatic heterocycles. The molecule has 1 unspecified atom stereocenters. The number of likely N-dealkylation sites (tertiary alicyclic amines) is 1. The van der Waals surface area contributed by atoms with Crippen LogP contribution in [0.1, 0.15) is 51.1 Å². The summed E-state index contributed by atoms with van der Waals surface area (Å²) in [6, 6.07) is 8.39. The van der Waals surface area contributed by atoms with E-state index >= 15 is 0 Å². The van der Waals surface area contributed by atoms with Crippen LogP contribution in [0.15, 0.2) is 53.6 Å². The Morgan fingerprint density at radius 2 is 2.03 bits per heavy atom. The van der Waals surface area contributed by atoms with Crippen molar-refractivity contribution in [1.29, 1.82) is 0 Å². The maximum atomic E-state index is 13.1. The number of amides is 2. The van der Waals surface area contributed by atoms with Gasteiger partial charge < -0.3 is 19.9 Å². The molecule has 0 radical (unpaired) electrons. The second-order valence-corrected chi connectivity index (χ2v) is 7.83. The minimum atomic E-state index is -0.862. The normalized spacial score (nSPS) is 15.5. The molecule has 2 amide bonds. The number of rotatable bonds is 5.